The van der Waals surface area contributed by atoms with Gasteiger partial charge >= 0.3 is 12.1 Å². The van der Waals surface area contributed by atoms with E-state index >= 15 is 0 Å². The first-order valence-electron chi connectivity index (χ1n) is 11.9. The van der Waals surface area contributed by atoms with Crippen LogP contribution in [0.25, 0.3) is 0 Å². The molecule has 4 amide bonds. The summed E-state index contributed by atoms with van der Waals surface area (Å²) in [5.41, 5.74) is 0.197. The number of benzene rings is 1. The van der Waals surface area contributed by atoms with Crippen molar-refractivity contribution in [3.05, 3.63) is 35.4 Å². The number of nitrogens with zero attached hydrogens (tertiary/aromatic N) is 1. The van der Waals surface area contributed by atoms with Crippen molar-refractivity contribution in [2.24, 2.45) is 0 Å². The third-order valence-electron chi connectivity index (χ3n) is 5.86. The minimum atomic E-state index is -5.28. The van der Waals surface area contributed by atoms with E-state index in [4.69, 9.17) is 5.11 Å². The molecule has 1 aliphatic rings. The van der Waals surface area contributed by atoms with E-state index in [-0.39, 0.29) is 41.8 Å². The van der Waals surface area contributed by atoms with Crippen molar-refractivity contribution in [3.8, 4) is 0 Å². The molecule has 0 saturated carbocycles. The lowest BCUT2D eigenvalue weighted by molar-refractivity contribution is -0.179. The Morgan fingerprint density at radius 2 is 1.63 bits per heavy atom. The van der Waals surface area contributed by atoms with E-state index in [1.165, 1.54) is 31.2 Å². The maximum atomic E-state index is 13.1. The number of Topliss-reactive ketones (excluding diaryl/α,β-unsaturated/α-hetero) is 1. The molecule has 0 aliphatic carbocycles. The van der Waals surface area contributed by atoms with Gasteiger partial charge in [0.15, 0.2) is 0 Å². The summed E-state index contributed by atoms with van der Waals surface area (Å²) in [5, 5.41) is 16.2. The molecule has 208 valence electrons. The van der Waals surface area contributed by atoms with Crippen LogP contribution in [0.1, 0.15) is 60.2 Å². The molecule has 2 rings (SSSR count). The molecule has 0 radical (unpaired) electrons. The molecule has 0 aromatic heterocycles. The zero-order valence-electron chi connectivity index (χ0n) is 20.8. The lowest BCUT2D eigenvalue weighted by Gasteiger charge is -2.31. The van der Waals surface area contributed by atoms with Crippen molar-refractivity contribution in [1.29, 1.82) is 0 Å². The van der Waals surface area contributed by atoms with E-state index in [1.54, 1.807) is 0 Å². The molecule has 1 aromatic carbocycles. The Kier molecular flexibility index (Phi) is 10.5. The minimum absolute atomic E-state index is 0.0156. The Balaban J connectivity index is 2.09. The highest BCUT2D eigenvalue weighted by Gasteiger charge is 2.48. The zero-order chi connectivity index (χ0) is 28.6. The van der Waals surface area contributed by atoms with Crippen LogP contribution in [-0.4, -0.2) is 82.8 Å². The molecule has 14 heteroatoms. The van der Waals surface area contributed by atoms with E-state index < -0.39 is 59.7 Å². The number of rotatable bonds is 11. The summed E-state index contributed by atoms with van der Waals surface area (Å²) < 4.78 is 39.2. The van der Waals surface area contributed by atoms with Crippen LogP contribution in [-0.2, 0) is 19.2 Å². The lowest BCUT2D eigenvalue weighted by atomic mass is 10.1. The molecular weight excluding hydrogens is 513 g/mol. The van der Waals surface area contributed by atoms with Gasteiger partial charge < -0.3 is 21.1 Å². The molecule has 1 aliphatic heterocycles. The van der Waals surface area contributed by atoms with Gasteiger partial charge in [-0.2, -0.15) is 13.2 Å². The highest BCUT2D eigenvalue weighted by Crippen LogP contribution is 2.22. The molecule has 0 spiro atoms. The summed E-state index contributed by atoms with van der Waals surface area (Å²) in [6, 6.07) is 0.658. The smallest absolute Gasteiger partial charge is 0.452 e. The SMILES string of the molecule is CC(C(=O)C(F)(F)F)N(C(=O)[C@H](C)NC(=O)c1ccc(C(=O)NCCCC(=O)O)cc1)C(=O)[C@@H]1CCCN1. The molecule has 0 bridgehead atoms. The standard InChI is InChI=1S/C24H29F3N4O7/c1-13(22(37)31(14(2)19(34)24(25,26)27)23(38)17-5-3-11-28-17)30-21(36)16-9-7-15(8-10-16)20(35)29-12-4-6-18(32)33/h7-10,13-14,17,28H,3-6,11-12H2,1-2H3,(H,29,35)(H,30,36)(H,32,33)/t13-,14?,17-/m0/s1. The van der Waals surface area contributed by atoms with E-state index in [1.807, 2.05) is 0 Å². The number of alkyl halides is 3. The number of hydrogen-bond donors (Lipinski definition) is 4. The number of carbonyl (C=O) groups excluding carboxylic acids is 5. The monoisotopic (exact) mass is 542 g/mol. The lowest BCUT2D eigenvalue weighted by Crippen LogP contribution is -2.59. The van der Waals surface area contributed by atoms with Crippen molar-refractivity contribution in [2.45, 2.75) is 63.8 Å². The first-order chi connectivity index (χ1) is 17.7. The van der Waals surface area contributed by atoms with E-state index in [0.717, 1.165) is 6.92 Å². The third-order valence-corrected chi connectivity index (χ3v) is 5.86. The Morgan fingerprint density at radius 1 is 1.05 bits per heavy atom. The van der Waals surface area contributed by atoms with Gasteiger partial charge in [0.05, 0.1) is 6.04 Å². The highest BCUT2D eigenvalue weighted by molar-refractivity contribution is 6.07. The van der Waals surface area contributed by atoms with Gasteiger partial charge in [0.1, 0.15) is 12.1 Å². The summed E-state index contributed by atoms with van der Waals surface area (Å²) in [6.07, 6.45) is -4.33. The number of amides is 4. The van der Waals surface area contributed by atoms with Gasteiger partial charge in [-0.3, -0.25) is 33.7 Å². The van der Waals surface area contributed by atoms with Gasteiger partial charge in [0.25, 0.3) is 23.5 Å². The van der Waals surface area contributed by atoms with E-state index in [0.29, 0.717) is 13.0 Å². The summed E-state index contributed by atoms with van der Waals surface area (Å²) in [6.45, 7) is 2.53. The van der Waals surface area contributed by atoms with Gasteiger partial charge in [0, 0.05) is 24.1 Å². The molecule has 38 heavy (non-hydrogen) atoms. The Bertz CT molecular complexity index is 1070. The molecule has 4 N–H and O–H groups in total. The average molecular weight is 543 g/mol. The van der Waals surface area contributed by atoms with Gasteiger partial charge in [-0.05, 0) is 63.9 Å². The first-order valence-corrected chi connectivity index (χ1v) is 11.9. The molecule has 1 heterocycles. The van der Waals surface area contributed by atoms with Crippen LogP contribution < -0.4 is 16.0 Å². The second-order valence-electron chi connectivity index (χ2n) is 8.76. The number of halogens is 3. The molecule has 1 aromatic rings. The molecule has 1 fully saturated rings. The number of aliphatic carboxylic acids is 1. The van der Waals surface area contributed by atoms with Crippen molar-refractivity contribution in [2.75, 3.05) is 13.1 Å². The fourth-order valence-corrected chi connectivity index (χ4v) is 3.77. The van der Waals surface area contributed by atoms with Crippen LogP contribution in [0.3, 0.4) is 0 Å². The Morgan fingerprint density at radius 3 is 2.13 bits per heavy atom. The third kappa shape index (κ3) is 8.10. The summed E-state index contributed by atoms with van der Waals surface area (Å²) in [4.78, 5) is 73.3. The quantitative estimate of drug-likeness (QED) is 0.302. The van der Waals surface area contributed by atoms with Crippen LogP contribution in [0.2, 0.25) is 0 Å². The highest BCUT2D eigenvalue weighted by atomic mass is 19.4. The topological polar surface area (TPSA) is 162 Å². The fourth-order valence-electron chi connectivity index (χ4n) is 3.77. The average Bonchev–Trinajstić information content (AvgIpc) is 3.40. The van der Waals surface area contributed by atoms with Crippen molar-refractivity contribution < 1.29 is 47.0 Å². The van der Waals surface area contributed by atoms with Crippen molar-refractivity contribution >= 4 is 35.4 Å². The van der Waals surface area contributed by atoms with Crippen molar-refractivity contribution in [3.63, 3.8) is 0 Å². The van der Waals surface area contributed by atoms with E-state index in [2.05, 4.69) is 16.0 Å². The normalized spacial score (nSPS) is 16.7. The van der Waals surface area contributed by atoms with Crippen molar-refractivity contribution in [1.82, 2.24) is 20.9 Å². The molecule has 1 unspecified atom stereocenters. The van der Waals surface area contributed by atoms with Crippen LogP contribution in [0.15, 0.2) is 24.3 Å². The zero-order valence-corrected chi connectivity index (χ0v) is 20.8. The number of carbonyl (C=O) groups is 6. The number of ketones is 1. The first kappa shape index (κ1) is 30.4. The fraction of sp³-hybridized carbons (Fsp3) is 0.500. The Hall–Kier alpha value is -3.81. The minimum Gasteiger partial charge on any atom is -0.481 e. The predicted molar refractivity (Wildman–Crippen MR) is 126 cm³/mol. The number of carboxylic acids is 1. The largest absolute Gasteiger partial charge is 0.481 e. The van der Waals surface area contributed by atoms with Crippen LogP contribution in [0.4, 0.5) is 13.2 Å². The van der Waals surface area contributed by atoms with Gasteiger partial charge in [-0.1, -0.05) is 0 Å². The van der Waals surface area contributed by atoms with Crippen LogP contribution in [0, 0.1) is 0 Å². The summed E-state index contributed by atoms with van der Waals surface area (Å²) in [7, 11) is 0. The summed E-state index contributed by atoms with van der Waals surface area (Å²) in [5.74, 6) is -6.74. The van der Waals surface area contributed by atoms with Gasteiger partial charge in [0.2, 0.25) is 5.91 Å². The second kappa shape index (κ2) is 13.1. The number of imide groups is 1. The molecule has 3 atom stereocenters. The number of carboxylic acid groups (broad SMARTS) is 1. The number of hydrogen-bond acceptors (Lipinski definition) is 7. The Labute approximate surface area is 216 Å². The predicted octanol–water partition coefficient (Wildman–Crippen LogP) is 1.03. The molecule has 11 nitrogen and oxygen atoms in total. The van der Waals surface area contributed by atoms with Gasteiger partial charge in [-0.15, -0.1) is 0 Å². The van der Waals surface area contributed by atoms with Crippen LogP contribution in [0.5, 0.6) is 0 Å². The summed E-state index contributed by atoms with van der Waals surface area (Å²) >= 11 is 0. The maximum Gasteiger partial charge on any atom is 0.452 e. The van der Waals surface area contributed by atoms with E-state index in [9.17, 15) is 41.9 Å². The maximum absolute atomic E-state index is 13.1. The second-order valence-corrected chi connectivity index (χ2v) is 8.76. The number of nitrogens with one attached hydrogen (secondary N) is 3. The van der Waals surface area contributed by atoms with Crippen LogP contribution >= 0.6 is 0 Å². The molecular formula is C24H29F3N4O7. The van der Waals surface area contributed by atoms with Gasteiger partial charge in [-0.25, -0.2) is 0 Å². The molecule has 1 saturated heterocycles.